The van der Waals surface area contributed by atoms with Gasteiger partial charge in [0.2, 0.25) is 17.7 Å². The summed E-state index contributed by atoms with van der Waals surface area (Å²) in [6.45, 7) is -2.44. The molecule has 0 aliphatic carbocycles. The maximum absolute atomic E-state index is 11.7. The lowest BCUT2D eigenvalue weighted by Crippen LogP contribution is -2.43. The van der Waals surface area contributed by atoms with Gasteiger partial charge in [0.1, 0.15) is 6.61 Å². The predicted octanol–water partition coefficient (Wildman–Crippen LogP) is -3.86. The van der Waals surface area contributed by atoms with Crippen molar-refractivity contribution in [2.24, 2.45) is 5.73 Å². The van der Waals surface area contributed by atoms with E-state index in [9.17, 15) is 33.4 Å². The minimum Gasteiger partial charge on any atom is -0.464 e. The van der Waals surface area contributed by atoms with Gasteiger partial charge < -0.3 is 36.1 Å². The summed E-state index contributed by atoms with van der Waals surface area (Å²) < 4.78 is 29.7. The quantitative estimate of drug-likeness (QED) is 0.0829. The number of phosphoric ester groups is 1. The zero-order valence-electron chi connectivity index (χ0n) is 15.2. The van der Waals surface area contributed by atoms with E-state index < -0.39 is 51.4 Å². The third kappa shape index (κ3) is 15.1. The first kappa shape index (κ1) is 26.4. The summed E-state index contributed by atoms with van der Waals surface area (Å²) in [5.41, 5.74) is 5.04. The Hall–Kier alpha value is -2.58. The van der Waals surface area contributed by atoms with Gasteiger partial charge in [0.05, 0.1) is 32.8 Å². The van der Waals surface area contributed by atoms with E-state index in [4.69, 9.17) is 5.73 Å². The highest BCUT2D eigenvalue weighted by atomic mass is 31.2. The van der Waals surface area contributed by atoms with Crippen LogP contribution < -0.4 is 21.7 Å². The number of hydrogen-bond donors (Lipinski definition) is 5. The van der Waals surface area contributed by atoms with E-state index in [1.165, 1.54) is 0 Å². The summed E-state index contributed by atoms with van der Waals surface area (Å²) in [4.78, 5) is 63.6. The van der Waals surface area contributed by atoms with Gasteiger partial charge in [-0.3, -0.25) is 33.0 Å². The Balaban J connectivity index is 4.00. The van der Waals surface area contributed by atoms with E-state index in [0.717, 1.165) is 0 Å². The van der Waals surface area contributed by atoms with Gasteiger partial charge in [-0.15, -0.1) is 0 Å². The predicted molar refractivity (Wildman–Crippen MR) is 92.8 cm³/mol. The summed E-state index contributed by atoms with van der Waals surface area (Å²) in [5.74, 6) is -1.76. The smallest absolute Gasteiger partial charge is 0.464 e. The Morgan fingerprint density at radius 2 is 1.59 bits per heavy atom. The van der Waals surface area contributed by atoms with Crippen molar-refractivity contribution in [1.29, 1.82) is 0 Å². The molecular weight excluding hydrogens is 419 g/mol. The fraction of sp³-hybridized carbons (Fsp3) is 0.615. The molecule has 15 nitrogen and oxygen atoms in total. The number of nitrogens with one attached hydrogen (secondary N) is 3. The van der Waals surface area contributed by atoms with Gasteiger partial charge >= 0.3 is 7.82 Å². The van der Waals surface area contributed by atoms with Crippen LogP contribution in [0.25, 0.3) is 0 Å². The number of rotatable bonds is 17. The van der Waals surface area contributed by atoms with Crippen LogP contribution >= 0.6 is 7.82 Å². The molecule has 0 radical (unpaired) electrons. The molecule has 0 aliphatic rings. The Morgan fingerprint density at radius 1 is 0.966 bits per heavy atom. The maximum Gasteiger partial charge on any atom is 0.472 e. The van der Waals surface area contributed by atoms with Gasteiger partial charge in [-0.25, -0.2) is 4.57 Å². The Kier molecular flexibility index (Phi) is 14.0. The molecule has 0 aromatic rings. The first-order chi connectivity index (χ1) is 13.7. The third-order valence-corrected chi connectivity index (χ3v) is 3.76. The molecule has 0 rings (SSSR count). The SMILES string of the molecule is NCC(=O)NCC(=O)NCC(=O)NCCOP(=O)(O)OCC(COC=O)OC=O. The van der Waals surface area contributed by atoms with Crippen molar-refractivity contribution < 1.29 is 52.0 Å². The largest absolute Gasteiger partial charge is 0.472 e. The molecule has 2 unspecified atom stereocenters. The molecular formula is C13H23N4O11P. The van der Waals surface area contributed by atoms with E-state index >= 15 is 0 Å². The number of phosphoric acid groups is 1. The van der Waals surface area contributed by atoms with Gasteiger partial charge in [0.25, 0.3) is 12.9 Å². The second kappa shape index (κ2) is 15.4. The summed E-state index contributed by atoms with van der Waals surface area (Å²) in [6, 6.07) is 0. The van der Waals surface area contributed by atoms with Crippen LogP contribution in [0.1, 0.15) is 0 Å². The Morgan fingerprint density at radius 3 is 2.17 bits per heavy atom. The number of nitrogens with two attached hydrogens (primary N) is 1. The average molecular weight is 442 g/mol. The van der Waals surface area contributed by atoms with Crippen molar-refractivity contribution in [3.8, 4) is 0 Å². The van der Waals surface area contributed by atoms with Gasteiger partial charge in [-0.1, -0.05) is 0 Å². The van der Waals surface area contributed by atoms with Crippen molar-refractivity contribution in [3.05, 3.63) is 0 Å². The van der Waals surface area contributed by atoms with Crippen LogP contribution in [-0.4, -0.2) is 87.7 Å². The Bertz CT molecular complexity index is 603. The van der Waals surface area contributed by atoms with Crippen molar-refractivity contribution in [1.82, 2.24) is 16.0 Å². The van der Waals surface area contributed by atoms with E-state index in [2.05, 4.69) is 34.5 Å². The molecule has 0 aromatic heterocycles. The summed E-state index contributed by atoms with van der Waals surface area (Å²) in [5, 5.41) is 6.73. The first-order valence-electron chi connectivity index (χ1n) is 8.00. The van der Waals surface area contributed by atoms with Crippen LogP contribution in [0.4, 0.5) is 0 Å². The van der Waals surface area contributed by atoms with Gasteiger partial charge in [-0.2, -0.15) is 0 Å². The molecule has 0 saturated carbocycles. The van der Waals surface area contributed by atoms with E-state index in [1.54, 1.807) is 0 Å². The van der Waals surface area contributed by atoms with Crippen molar-refractivity contribution in [2.75, 3.05) is 46.0 Å². The van der Waals surface area contributed by atoms with Gasteiger partial charge in [-0.05, 0) is 0 Å². The lowest BCUT2D eigenvalue weighted by Gasteiger charge is -2.17. The molecule has 6 N–H and O–H groups in total. The number of hydrogen-bond acceptors (Lipinski definition) is 11. The second-order valence-corrected chi connectivity index (χ2v) is 6.44. The number of carbonyl (C=O) groups is 5. The van der Waals surface area contributed by atoms with Crippen molar-refractivity contribution in [2.45, 2.75) is 6.10 Å². The van der Waals surface area contributed by atoms with Gasteiger partial charge in [0, 0.05) is 6.54 Å². The monoisotopic (exact) mass is 442 g/mol. The molecule has 2 atom stereocenters. The third-order valence-electron chi connectivity index (χ3n) is 2.78. The van der Waals surface area contributed by atoms with Crippen molar-refractivity contribution >= 4 is 38.5 Å². The number of ether oxygens (including phenoxy) is 2. The molecule has 166 valence electrons. The molecule has 0 fully saturated rings. The topological polar surface area (TPSA) is 222 Å². The van der Waals surface area contributed by atoms with E-state index in [0.29, 0.717) is 0 Å². The first-order valence-corrected chi connectivity index (χ1v) is 9.50. The zero-order chi connectivity index (χ0) is 22.1. The average Bonchev–Trinajstić information content (AvgIpc) is 2.69. The normalized spacial score (nSPS) is 13.3. The summed E-state index contributed by atoms with van der Waals surface area (Å²) in [7, 11) is -4.53. The number of carbonyl (C=O) groups excluding carboxylic acids is 5. The molecule has 0 heterocycles. The fourth-order valence-electron chi connectivity index (χ4n) is 1.47. The lowest BCUT2D eigenvalue weighted by molar-refractivity contribution is -0.144. The maximum atomic E-state index is 11.7. The van der Waals surface area contributed by atoms with Crippen LogP contribution in [0.15, 0.2) is 0 Å². The van der Waals surface area contributed by atoms with E-state index in [1.807, 2.05) is 0 Å². The molecule has 0 spiro atoms. The summed E-state index contributed by atoms with van der Waals surface area (Å²) in [6.07, 6.45) is -1.11. The number of amides is 3. The molecule has 0 bridgehead atoms. The highest BCUT2D eigenvalue weighted by Gasteiger charge is 2.24. The highest BCUT2D eigenvalue weighted by molar-refractivity contribution is 7.47. The Labute approximate surface area is 165 Å². The molecule has 29 heavy (non-hydrogen) atoms. The van der Waals surface area contributed by atoms with Crippen molar-refractivity contribution in [3.63, 3.8) is 0 Å². The standard InChI is InChI=1S/C13H23N4O11P/c14-3-11(20)16-5-13(22)17-4-12(21)15-1-2-27-29(23,24)28-7-10(26-9-19)6-25-8-18/h8-10H,1-7,14H2,(H,15,21)(H,16,20)(H,17,22)(H,23,24). The molecule has 0 aromatic carbocycles. The summed E-state index contributed by atoms with van der Waals surface area (Å²) >= 11 is 0. The fourth-order valence-corrected chi connectivity index (χ4v) is 2.22. The molecule has 0 aliphatic heterocycles. The highest BCUT2D eigenvalue weighted by Crippen LogP contribution is 2.42. The molecule has 16 heteroatoms. The van der Waals surface area contributed by atoms with Crippen LogP contribution in [0, 0.1) is 0 Å². The minimum atomic E-state index is -4.53. The molecule has 3 amide bonds. The molecule has 0 saturated heterocycles. The van der Waals surface area contributed by atoms with E-state index in [-0.39, 0.29) is 39.2 Å². The van der Waals surface area contributed by atoms with Crippen LogP contribution in [-0.2, 0) is 47.1 Å². The van der Waals surface area contributed by atoms with Gasteiger partial charge in [0.15, 0.2) is 6.10 Å². The zero-order valence-corrected chi connectivity index (χ0v) is 16.1. The van der Waals surface area contributed by atoms with Crippen LogP contribution in [0.3, 0.4) is 0 Å². The lowest BCUT2D eigenvalue weighted by atomic mass is 10.4. The second-order valence-electron chi connectivity index (χ2n) is 4.99. The van der Waals surface area contributed by atoms with Crippen LogP contribution in [0.5, 0.6) is 0 Å². The van der Waals surface area contributed by atoms with Crippen LogP contribution in [0.2, 0.25) is 0 Å². The minimum absolute atomic E-state index is 0.0474.